The van der Waals surface area contributed by atoms with Gasteiger partial charge in [0, 0.05) is 26.6 Å². The minimum absolute atomic E-state index is 0. The van der Waals surface area contributed by atoms with Crippen molar-refractivity contribution in [3.05, 3.63) is 23.8 Å². The molecule has 7 heteroatoms. The zero-order valence-electron chi connectivity index (χ0n) is 13.8. The molecule has 23 heavy (non-hydrogen) atoms. The van der Waals surface area contributed by atoms with E-state index in [2.05, 4.69) is 15.6 Å². The van der Waals surface area contributed by atoms with Crippen molar-refractivity contribution >= 4 is 29.9 Å². The minimum atomic E-state index is 0. The second kappa shape index (κ2) is 11.3. The van der Waals surface area contributed by atoms with Crippen LogP contribution in [0.25, 0.3) is 0 Å². The molecule has 6 nitrogen and oxygen atoms in total. The van der Waals surface area contributed by atoms with Crippen LogP contribution in [0, 0.1) is 0 Å². The summed E-state index contributed by atoms with van der Waals surface area (Å²) in [6.45, 7) is 6.22. The summed E-state index contributed by atoms with van der Waals surface area (Å²) in [4.78, 5) is 4.57. The third-order valence-electron chi connectivity index (χ3n) is 3.17. The molecule has 2 rings (SSSR count). The third-order valence-corrected chi connectivity index (χ3v) is 3.17. The third kappa shape index (κ3) is 6.82. The molecule has 1 aliphatic heterocycles. The van der Waals surface area contributed by atoms with Crippen LogP contribution in [-0.2, 0) is 11.3 Å². The lowest BCUT2D eigenvalue weighted by Gasteiger charge is -2.11. The topological polar surface area (TPSA) is 64.1 Å². The second-order valence-electron chi connectivity index (χ2n) is 4.95. The molecule has 1 aromatic carbocycles. The number of hydrogen-bond donors (Lipinski definition) is 2. The van der Waals surface area contributed by atoms with Crippen molar-refractivity contribution < 1.29 is 14.2 Å². The molecular weight excluding hydrogens is 409 g/mol. The smallest absolute Gasteiger partial charge is 0.191 e. The van der Waals surface area contributed by atoms with Crippen molar-refractivity contribution in [1.29, 1.82) is 0 Å². The number of hydrogen-bond acceptors (Lipinski definition) is 4. The molecule has 0 radical (unpaired) electrons. The van der Waals surface area contributed by atoms with Crippen molar-refractivity contribution in [1.82, 2.24) is 10.6 Å². The van der Waals surface area contributed by atoms with E-state index < -0.39 is 0 Å². The van der Waals surface area contributed by atoms with Gasteiger partial charge in [0.2, 0.25) is 0 Å². The van der Waals surface area contributed by atoms with E-state index in [1.807, 2.05) is 25.1 Å². The van der Waals surface area contributed by atoms with Crippen LogP contribution >= 0.6 is 24.0 Å². The zero-order chi connectivity index (χ0) is 15.6. The van der Waals surface area contributed by atoms with Crippen LogP contribution in [0.15, 0.2) is 23.2 Å². The maximum atomic E-state index is 5.70. The molecule has 0 spiro atoms. The SMILES string of the molecule is CCNC(=NCc1ccc2c(c1)OCCCO2)NCCOC.I. The van der Waals surface area contributed by atoms with E-state index in [4.69, 9.17) is 14.2 Å². The van der Waals surface area contributed by atoms with E-state index in [9.17, 15) is 0 Å². The van der Waals surface area contributed by atoms with Gasteiger partial charge in [-0.15, -0.1) is 24.0 Å². The molecule has 1 aliphatic rings. The first-order chi connectivity index (χ1) is 10.8. The van der Waals surface area contributed by atoms with Crippen molar-refractivity contribution in [2.45, 2.75) is 19.9 Å². The fourth-order valence-corrected chi connectivity index (χ4v) is 2.09. The quantitative estimate of drug-likeness (QED) is 0.311. The van der Waals surface area contributed by atoms with E-state index in [1.165, 1.54) is 0 Å². The van der Waals surface area contributed by atoms with Gasteiger partial charge in [-0.2, -0.15) is 0 Å². The molecule has 0 atom stereocenters. The van der Waals surface area contributed by atoms with Crippen LogP contribution in [0.1, 0.15) is 18.9 Å². The second-order valence-corrected chi connectivity index (χ2v) is 4.95. The first-order valence-electron chi connectivity index (χ1n) is 7.73. The Hall–Kier alpha value is -1.22. The Morgan fingerprint density at radius 3 is 2.74 bits per heavy atom. The molecule has 130 valence electrons. The Kier molecular flexibility index (Phi) is 9.77. The molecule has 1 heterocycles. The lowest BCUT2D eigenvalue weighted by atomic mass is 10.2. The van der Waals surface area contributed by atoms with Crippen molar-refractivity contribution in [2.75, 3.05) is 40.0 Å². The molecule has 1 aromatic rings. The molecule has 2 N–H and O–H groups in total. The average Bonchev–Trinajstić information content (AvgIpc) is 2.77. The Bertz CT molecular complexity index is 497. The maximum Gasteiger partial charge on any atom is 0.191 e. The molecule has 0 aliphatic carbocycles. The molecule has 0 bridgehead atoms. The van der Waals surface area contributed by atoms with Crippen LogP contribution in [0.4, 0.5) is 0 Å². The summed E-state index contributed by atoms with van der Waals surface area (Å²) in [5.41, 5.74) is 1.09. The van der Waals surface area contributed by atoms with Crippen molar-refractivity contribution in [2.24, 2.45) is 4.99 Å². The van der Waals surface area contributed by atoms with Gasteiger partial charge in [0.1, 0.15) is 0 Å². The van der Waals surface area contributed by atoms with Gasteiger partial charge in [-0.3, -0.25) is 0 Å². The van der Waals surface area contributed by atoms with Gasteiger partial charge in [-0.1, -0.05) is 6.07 Å². The van der Waals surface area contributed by atoms with Crippen LogP contribution in [0.2, 0.25) is 0 Å². The van der Waals surface area contributed by atoms with Gasteiger partial charge >= 0.3 is 0 Å². The molecule has 0 saturated carbocycles. The summed E-state index contributed by atoms with van der Waals surface area (Å²) in [7, 11) is 1.68. The van der Waals surface area contributed by atoms with E-state index in [-0.39, 0.29) is 24.0 Å². The highest BCUT2D eigenvalue weighted by molar-refractivity contribution is 14.0. The largest absolute Gasteiger partial charge is 0.490 e. The van der Waals surface area contributed by atoms with E-state index in [0.29, 0.717) is 26.4 Å². The highest BCUT2D eigenvalue weighted by atomic mass is 127. The molecule has 0 amide bonds. The number of halogens is 1. The average molecular weight is 435 g/mol. The lowest BCUT2D eigenvalue weighted by Crippen LogP contribution is -2.38. The first-order valence-corrected chi connectivity index (χ1v) is 7.73. The Morgan fingerprint density at radius 1 is 1.22 bits per heavy atom. The van der Waals surface area contributed by atoms with Crippen LogP contribution < -0.4 is 20.1 Å². The zero-order valence-corrected chi connectivity index (χ0v) is 16.1. The van der Waals surface area contributed by atoms with Crippen LogP contribution in [-0.4, -0.2) is 46.0 Å². The number of guanidine groups is 1. The summed E-state index contributed by atoms with van der Waals surface area (Å²) in [6.07, 6.45) is 0.913. The Balaban J connectivity index is 0.00000264. The predicted octanol–water partition coefficient (Wildman–Crippen LogP) is 2.17. The van der Waals surface area contributed by atoms with Gasteiger partial charge < -0.3 is 24.8 Å². The maximum absolute atomic E-state index is 5.70. The number of nitrogens with one attached hydrogen (secondary N) is 2. The summed E-state index contributed by atoms with van der Waals surface area (Å²) >= 11 is 0. The summed E-state index contributed by atoms with van der Waals surface area (Å²) in [5, 5.41) is 6.43. The van der Waals surface area contributed by atoms with Gasteiger partial charge in [-0.05, 0) is 24.6 Å². The summed E-state index contributed by atoms with van der Waals surface area (Å²) in [6, 6.07) is 5.98. The van der Waals surface area contributed by atoms with Crippen LogP contribution in [0.5, 0.6) is 11.5 Å². The molecule has 0 fully saturated rings. The Labute approximate surface area is 155 Å². The molecular formula is C16H26IN3O3. The fourth-order valence-electron chi connectivity index (χ4n) is 2.09. The number of aliphatic imine (C=N–C) groups is 1. The Morgan fingerprint density at radius 2 is 2.00 bits per heavy atom. The van der Waals surface area contributed by atoms with Crippen molar-refractivity contribution in [3.8, 4) is 11.5 Å². The summed E-state index contributed by atoms with van der Waals surface area (Å²) < 4.78 is 16.4. The van der Waals surface area contributed by atoms with Gasteiger partial charge in [0.05, 0.1) is 26.4 Å². The first kappa shape index (κ1) is 19.8. The number of fused-ring (bicyclic) bond motifs is 1. The van der Waals surface area contributed by atoms with Gasteiger partial charge in [0.25, 0.3) is 0 Å². The molecule has 0 unspecified atom stereocenters. The fraction of sp³-hybridized carbons (Fsp3) is 0.562. The van der Waals surface area contributed by atoms with Crippen molar-refractivity contribution in [3.63, 3.8) is 0 Å². The monoisotopic (exact) mass is 435 g/mol. The molecule has 0 saturated heterocycles. The summed E-state index contributed by atoms with van der Waals surface area (Å²) in [5.74, 6) is 2.41. The number of rotatable bonds is 6. The normalized spacial score (nSPS) is 13.7. The van der Waals surface area contributed by atoms with E-state index >= 15 is 0 Å². The van der Waals surface area contributed by atoms with Gasteiger partial charge in [-0.25, -0.2) is 4.99 Å². The number of nitrogens with zero attached hydrogens (tertiary/aromatic N) is 1. The number of methoxy groups -OCH3 is 1. The standard InChI is InChI=1S/C16H25N3O3.HI/c1-3-17-16(18-7-10-20-2)19-12-13-5-6-14-15(11-13)22-9-4-8-21-14;/h5-6,11H,3-4,7-10,12H2,1-2H3,(H2,17,18,19);1H. The van der Waals surface area contributed by atoms with Crippen LogP contribution in [0.3, 0.4) is 0 Å². The molecule has 0 aromatic heterocycles. The van der Waals surface area contributed by atoms with E-state index in [0.717, 1.165) is 42.5 Å². The van der Waals surface area contributed by atoms with Gasteiger partial charge in [0.15, 0.2) is 17.5 Å². The lowest BCUT2D eigenvalue weighted by molar-refractivity contribution is 0.203. The number of benzene rings is 1. The predicted molar refractivity (Wildman–Crippen MR) is 102 cm³/mol. The number of ether oxygens (including phenoxy) is 3. The highest BCUT2D eigenvalue weighted by Crippen LogP contribution is 2.30. The van der Waals surface area contributed by atoms with E-state index in [1.54, 1.807) is 7.11 Å². The highest BCUT2D eigenvalue weighted by Gasteiger charge is 2.10. The minimum Gasteiger partial charge on any atom is -0.490 e.